The van der Waals surface area contributed by atoms with Crippen molar-refractivity contribution < 1.29 is 9.59 Å². The molecule has 0 bridgehead atoms. The number of hydrogen-bond donors (Lipinski definition) is 0. The Labute approximate surface area is 79.1 Å². The third-order valence-corrected chi connectivity index (χ3v) is 2.60. The van der Waals surface area contributed by atoms with Gasteiger partial charge in [0, 0.05) is 31.8 Å². The molecule has 1 heterocycles. The first-order valence-corrected chi connectivity index (χ1v) is 4.81. The van der Waals surface area contributed by atoms with Gasteiger partial charge in [-0.1, -0.05) is 13.8 Å². The number of carbonyl (C=O) groups excluding carboxylic acids is 2. The SMILES string of the molecule is CC(=O)N1CC[C@H](C(=O)C(C)C)C1. The summed E-state index contributed by atoms with van der Waals surface area (Å²) in [4.78, 5) is 24.3. The highest BCUT2D eigenvalue weighted by atomic mass is 16.2. The fourth-order valence-corrected chi connectivity index (χ4v) is 1.75. The van der Waals surface area contributed by atoms with Crippen molar-refractivity contribution >= 4 is 11.7 Å². The van der Waals surface area contributed by atoms with Crippen LogP contribution in [0.5, 0.6) is 0 Å². The van der Waals surface area contributed by atoms with Crippen molar-refractivity contribution in [3.8, 4) is 0 Å². The molecule has 0 spiro atoms. The molecule has 0 aromatic rings. The summed E-state index contributed by atoms with van der Waals surface area (Å²) in [5, 5.41) is 0. The fourth-order valence-electron chi connectivity index (χ4n) is 1.75. The lowest BCUT2D eigenvalue weighted by Crippen LogP contribution is -2.28. The Morgan fingerprint density at radius 2 is 2.00 bits per heavy atom. The maximum Gasteiger partial charge on any atom is 0.219 e. The van der Waals surface area contributed by atoms with Crippen LogP contribution in [0.4, 0.5) is 0 Å². The van der Waals surface area contributed by atoms with E-state index in [1.54, 1.807) is 11.8 Å². The van der Waals surface area contributed by atoms with E-state index in [2.05, 4.69) is 0 Å². The molecule has 0 saturated carbocycles. The first-order chi connectivity index (χ1) is 6.02. The summed E-state index contributed by atoms with van der Waals surface area (Å²) in [5.74, 6) is 0.559. The van der Waals surface area contributed by atoms with Crippen LogP contribution >= 0.6 is 0 Å². The Morgan fingerprint density at radius 1 is 1.38 bits per heavy atom. The van der Waals surface area contributed by atoms with Crippen LogP contribution in [0.1, 0.15) is 27.2 Å². The lowest BCUT2D eigenvalue weighted by atomic mass is 9.95. The largest absolute Gasteiger partial charge is 0.342 e. The van der Waals surface area contributed by atoms with Crippen molar-refractivity contribution in [1.29, 1.82) is 0 Å². The first-order valence-electron chi connectivity index (χ1n) is 4.81. The zero-order chi connectivity index (χ0) is 10.0. The molecule has 1 amide bonds. The number of rotatable bonds is 2. The molecule has 1 aliphatic heterocycles. The highest BCUT2D eigenvalue weighted by Crippen LogP contribution is 2.20. The van der Waals surface area contributed by atoms with E-state index in [1.165, 1.54) is 0 Å². The van der Waals surface area contributed by atoms with Crippen LogP contribution in [0, 0.1) is 11.8 Å². The number of carbonyl (C=O) groups is 2. The molecule has 0 radical (unpaired) electrons. The summed E-state index contributed by atoms with van der Waals surface area (Å²) in [5.41, 5.74) is 0. The van der Waals surface area contributed by atoms with E-state index in [-0.39, 0.29) is 17.7 Å². The van der Waals surface area contributed by atoms with Gasteiger partial charge in [0.05, 0.1) is 0 Å². The van der Waals surface area contributed by atoms with Crippen molar-refractivity contribution in [2.24, 2.45) is 11.8 Å². The number of Topliss-reactive ketones (excluding diaryl/α,β-unsaturated/α-hetero) is 1. The molecule has 0 aromatic heterocycles. The van der Waals surface area contributed by atoms with E-state index in [9.17, 15) is 9.59 Å². The Bertz CT molecular complexity index is 223. The van der Waals surface area contributed by atoms with Gasteiger partial charge in [0.1, 0.15) is 5.78 Å². The monoisotopic (exact) mass is 183 g/mol. The zero-order valence-electron chi connectivity index (χ0n) is 8.54. The molecule has 13 heavy (non-hydrogen) atoms. The highest BCUT2D eigenvalue weighted by molar-refractivity contribution is 5.84. The molecular formula is C10H17NO2. The molecule has 1 fully saturated rings. The highest BCUT2D eigenvalue weighted by Gasteiger charge is 2.30. The van der Waals surface area contributed by atoms with Crippen molar-refractivity contribution in [3.05, 3.63) is 0 Å². The number of nitrogens with zero attached hydrogens (tertiary/aromatic N) is 1. The Balaban J connectivity index is 2.50. The molecule has 3 heteroatoms. The average molecular weight is 183 g/mol. The van der Waals surface area contributed by atoms with E-state index in [4.69, 9.17) is 0 Å². The lowest BCUT2D eigenvalue weighted by Gasteiger charge is -2.14. The van der Waals surface area contributed by atoms with Crippen molar-refractivity contribution in [3.63, 3.8) is 0 Å². The van der Waals surface area contributed by atoms with E-state index in [1.807, 2.05) is 13.8 Å². The summed E-state index contributed by atoms with van der Waals surface area (Å²) in [7, 11) is 0. The minimum Gasteiger partial charge on any atom is -0.342 e. The van der Waals surface area contributed by atoms with Gasteiger partial charge in [0.2, 0.25) is 5.91 Å². The minimum atomic E-state index is 0.0825. The Morgan fingerprint density at radius 3 is 2.38 bits per heavy atom. The van der Waals surface area contributed by atoms with Crippen LogP contribution in [0.15, 0.2) is 0 Å². The van der Waals surface area contributed by atoms with E-state index in [0.717, 1.165) is 13.0 Å². The molecule has 1 rings (SSSR count). The summed E-state index contributed by atoms with van der Waals surface area (Å²) in [6, 6.07) is 0. The summed E-state index contributed by atoms with van der Waals surface area (Å²) in [6.45, 7) is 6.77. The number of hydrogen-bond acceptors (Lipinski definition) is 2. The van der Waals surface area contributed by atoms with Crippen LogP contribution in [0.25, 0.3) is 0 Å². The molecule has 1 atom stereocenters. The summed E-state index contributed by atoms with van der Waals surface area (Å²) >= 11 is 0. The van der Waals surface area contributed by atoms with Gasteiger partial charge in [-0.3, -0.25) is 9.59 Å². The van der Waals surface area contributed by atoms with Crippen molar-refractivity contribution in [1.82, 2.24) is 4.90 Å². The second-order valence-electron chi connectivity index (χ2n) is 4.01. The first kappa shape index (κ1) is 10.2. The van der Waals surface area contributed by atoms with Gasteiger partial charge in [0.15, 0.2) is 0 Å². The third-order valence-electron chi connectivity index (χ3n) is 2.60. The van der Waals surface area contributed by atoms with E-state index < -0.39 is 0 Å². The number of ketones is 1. The Kier molecular flexibility index (Phi) is 3.07. The molecule has 74 valence electrons. The van der Waals surface area contributed by atoms with Crippen LogP contribution in [0.2, 0.25) is 0 Å². The molecule has 0 aromatic carbocycles. The van der Waals surface area contributed by atoms with Gasteiger partial charge < -0.3 is 4.90 Å². The van der Waals surface area contributed by atoms with E-state index in [0.29, 0.717) is 12.3 Å². The minimum absolute atomic E-state index is 0.0825. The fraction of sp³-hybridized carbons (Fsp3) is 0.800. The lowest BCUT2D eigenvalue weighted by molar-refractivity contribution is -0.128. The zero-order valence-corrected chi connectivity index (χ0v) is 8.54. The van der Waals surface area contributed by atoms with Gasteiger partial charge in [-0.05, 0) is 6.42 Å². The van der Waals surface area contributed by atoms with Crippen molar-refractivity contribution in [2.45, 2.75) is 27.2 Å². The number of amides is 1. The Hall–Kier alpha value is -0.860. The smallest absolute Gasteiger partial charge is 0.219 e. The predicted molar refractivity (Wildman–Crippen MR) is 50.2 cm³/mol. The summed E-state index contributed by atoms with van der Waals surface area (Å²) < 4.78 is 0. The van der Waals surface area contributed by atoms with Gasteiger partial charge in [-0.2, -0.15) is 0 Å². The molecule has 3 nitrogen and oxygen atoms in total. The topological polar surface area (TPSA) is 37.4 Å². The van der Waals surface area contributed by atoms with Gasteiger partial charge >= 0.3 is 0 Å². The van der Waals surface area contributed by atoms with Crippen LogP contribution in [0.3, 0.4) is 0 Å². The molecular weight excluding hydrogens is 166 g/mol. The molecule has 0 unspecified atom stereocenters. The van der Waals surface area contributed by atoms with Crippen molar-refractivity contribution in [2.75, 3.05) is 13.1 Å². The second kappa shape index (κ2) is 3.90. The quantitative estimate of drug-likeness (QED) is 0.642. The van der Waals surface area contributed by atoms with Crippen LogP contribution in [-0.4, -0.2) is 29.7 Å². The van der Waals surface area contributed by atoms with Gasteiger partial charge in [-0.15, -0.1) is 0 Å². The molecule has 0 aliphatic carbocycles. The van der Waals surface area contributed by atoms with E-state index >= 15 is 0 Å². The maximum atomic E-state index is 11.6. The number of likely N-dealkylation sites (tertiary alicyclic amines) is 1. The second-order valence-corrected chi connectivity index (χ2v) is 4.01. The molecule has 1 aliphatic rings. The normalized spacial score (nSPS) is 22.5. The molecule has 0 N–H and O–H groups in total. The van der Waals surface area contributed by atoms with Crippen LogP contribution in [-0.2, 0) is 9.59 Å². The maximum absolute atomic E-state index is 11.6. The summed E-state index contributed by atoms with van der Waals surface area (Å²) in [6.07, 6.45) is 0.844. The standard InChI is InChI=1S/C10H17NO2/c1-7(2)10(13)9-4-5-11(6-9)8(3)12/h7,9H,4-6H2,1-3H3/t9-/m0/s1. The van der Waals surface area contributed by atoms with Crippen LogP contribution < -0.4 is 0 Å². The average Bonchev–Trinajstić information content (AvgIpc) is 2.50. The van der Waals surface area contributed by atoms with Gasteiger partial charge in [0.25, 0.3) is 0 Å². The van der Waals surface area contributed by atoms with Gasteiger partial charge in [-0.25, -0.2) is 0 Å². The molecule has 1 saturated heterocycles. The predicted octanol–water partition coefficient (Wildman–Crippen LogP) is 1.08. The third kappa shape index (κ3) is 2.29.